The van der Waals surface area contributed by atoms with Gasteiger partial charge < -0.3 is 19.1 Å². The second kappa shape index (κ2) is 6.83. The highest BCUT2D eigenvalue weighted by molar-refractivity contribution is 5.76. The van der Waals surface area contributed by atoms with Crippen LogP contribution in [-0.4, -0.2) is 63.6 Å². The second-order valence-corrected chi connectivity index (χ2v) is 6.78. The molecule has 0 aliphatic carbocycles. The van der Waals surface area contributed by atoms with E-state index in [0.29, 0.717) is 26.1 Å². The van der Waals surface area contributed by atoms with Crippen LogP contribution in [0.2, 0.25) is 0 Å². The summed E-state index contributed by atoms with van der Waals surface area (Å²) in [4.78, 5) is 32.1. The molecule has 0 unspecified atom stereocenters. The molecule has 1 atom stereocenters. The second-order valence-electron chi connectivity index (χ2n) is 6.78. The van der Waals surface area contributed by atoms with Gasteiger partial charge in [-0.3, -0.25) is 4.79 Å². The Hall–Kier alpha value is -2.05. The molecule has 1 aromatic rings. The largest absolute Gasteiger partial charge is 0.441 e. The smallest absolute Gasteiger partial charge is 0.410 e. The molecule has 2 fully saturated rings. The first-order valence-electron chi connectivity index (χ1n) is 8.75. The number of carbonyl (C=O) groups excluding carboxylic acids is 2. The maximum atomic E-state index is 12.6. The molecular formula is C17H26N4O3. The lowest BCUT2D eigenvalue weighted by molar-refractivity contribution is -0.131. The third kappa shape index (κ3) is 3.39. The number of likely N-dealkylation sites (tertiary alicyclic amines) is 1. The van der Waals surface area contributed by atoms with Crippen LogP contribution in [-0.2, 0) is 22.5 Å². The number of carbonyl (C=O) groups is 2. The maximum absolute atomic E-state index is 12.6. The molecule has 132 valence electrons. The van der Waals surface area contributed by atoms with Crippen molar-refractivity contribution in [3.63, 3.8) is 0 Å². The molecule has 0 aromatic carbocycles. The summed E-state index contributed by atoms with van der Waals surface area (Å²) in [5.41, 5.74) is -0.402. The van der Waals surface area contributed by atoms with Crippen molar-refractivity contribution in [1.29, 1.82) is 0 Å². The van der Waals surface area contributed by atoms with E-state index in [1.807, 2.05) is 15.7 Å². The van der Waals surface area contributed by atoms with Crippen molar-refractivity contribution in [1.82, 2.24) is 19.4 Å². The molecule has 1 aromatic heterocycles. The molecule has 0 saturated carbocycles. The Balaban J connectivity index is 1.54. The van der Waals surface area contributed by atoms with Crippen LogP contribution < -0.4 is 0 Å². The fourth-order valence-electron chi connectivity index (χ4n) is 3.70. The first-order valence-corrected chi connectivity index (χ1v) is 8.75. The summed E-state index contributed by atoms with van der Waals surface area (Å²) in [7, 11) is 1.77. The highest BCUT2D eigenvalue weighted by Gasteiger charge is 2.44. The Morgan fingerprint density at radius 2 is 2.21 bits per heavy atom. The van der Waals surface area contributed by atoms with Crippen molar-refractivity contribution in [2.75, 3.05) is 26.7 Å². The third-order valence-electron chi connectivity index (χ3n) is 5.08. The van der Waals surface area contributed by atoms with Gasteiger partial charge >= 0.3 is 6.09 Å². The van der Waals surface area contributed by atoms with Gasteiger partial charge in [0.25, 0.3) is 0 Å². The number of amides is 2. The topological polar surface area (TPSA) is 67.7 Å². The lowest BCUT2D eigenvalue weighted by Gasteiger charge is -2.25. The van der Waals surface area contributed by atoms with Crippen molar-refractivity contribution in [3.8, 4) is 0 Å². The van der Waals surface area contributed by atoms with Crippen LogP contribution >= 0.6 is 0 Å². The average molecular weight is 334 g/mol. The van der Waals surface area contributed by atoms with Gasteiger partial charge in [-0.05, 0) is 12.8 Å². The molecule has 0 radical (unpaired) electrons. The van der Waals surface area contributed by atoms with Crippen LogP contribution in [0.5, 0.6) is 0 Å². The van der Waals surface area contributed by atoms with Crippen molar-refractivity contribution in [2.45, 2.75) is 51.2 Å². The van der Waals surface area contributed by atoms with Gasteiger partial charge in [0.1, 0.15) is 11.4 Å². The first kappa shape index (κ1) is 16.8. The van der Waals surface area contributed by atoms with E-state index in [1.54, 1.807) is 18.1 Å². The van der Waals surface area contributed by atoms with Crippen molar-refractivity contribution in [3.05, 3.63) is 18.2 Å². The number of hydrogen-bond acceptors (Lipinski definition) is 4. The average Bonchev–Trinajstić information content (AvgIpc) is 3.06. The van der Waals surface area contributed by atoms with Gasteiger partial charge in [0.05, 0.1) is 6.54 Å². The van der Waals surface area contributed by atoms with E-state index in [4.69, 9.17) is 4.74 Å². The summed E-state index contributed by atoms with van der Waals surface area (Å²) in [6.07, 6.45) is 7.23. The number of aryl methyl sites for hydroxylation is 2. The summed E-state index contributed by atoms with van der Waals surface area (Å²) in [5, 5.41) is 0. The highest BCUT2D eigenvalue weighted by Crippen LogP contribution is 2.32. The molecule has 2 amide bonds. The van der Waals surface area contributed by atoms with E-state index in [2.05, 4.69) is 11.9 Å². The number of nitrogens with zero attached hydrogens (tertiary/aromatic N) is 4. The van der Waals surface area contributed by atoms with Gasteiger partial charge in [-0.2, -0.15) is 0 Å². The molecular weight excluding hydrogens is 308 g/mol. The van der Waals surface area contributed by atoms with Gasteiger partial charge in [0.15, 0.2) is 0 Å². The Bertz CT molecular complexity index is 615. The summed E-state index contributed by atoms with van der Waals surface area (Å²) in [6, 6.07) is 0. The number of aromatic nitrogens is 2. The molecule has 0 bridgehead atoms. The molecule has 2 aliphatic rings. The molecule has 0 N–H and O–H groups in total. The molecule has 7 heteroatoms. The van der Waals surface area contributed by atoms with E-state index >= 15 is 0 Å². The van der Waals surface area contributed by atoms with Crippen LogP contribution in [0.4, 0.5) is 4.79 Å². The number of imidazole rings is 1. The lowest BCUT2D eigenvalue weighted by atomic mass is 9.95. The Morgan fingerprint density at radius 1 is 1.38 bits per heavy atom. The standard InChI is InChI=1S/C17H26N4O3/c1-3-14-18-8-12-20(14)10-5-15(22)21-9-4-6-17(7-11-21)13-19(2)16(23)24-17/h8,12H,3-7,9-11,13H2,1-2H3/t17-/m1/s1. The fraction of sp³-hybridized carbons (Fsp3) is 0.706. The van der Waals surface area contributed by atoms with E-state index in [1.165, 1.54) is 0 Å². The van der Waals surface area contributed by atoms with Crippen LogP contribution in [0, 0.1) is 0 Å². The van der Waals surface area contributed by atoms with Crippen LogP contribution in [0.25, 0.3) is 0 Å². The number of likely N-dealkylation sites (N-methyl/N-ethyl adjacent to an activating group) is 1. The molecule has 2 saturated heterocycles. The van der Waals surface area contributed by atoms with Crippen molar-refractivity contribution >= 4 is 12.0 Å². The normalized spacial score (nSPS) is 24.3. The predicted molar refractivity (Wildman–Crippen MR) is 88.5 cm³/mol. The maximum Gasteiger partial charge on any atom is 0.410 e. The van der Waals surface area contributed by atoms with Crippen LogP contribution in [0.3, 0.4) is 0 Å². The number of hydrogen-bond donors (Lipinski definition) is 0. The highest BCUT2D eigenvalue weighted by atomic mass is 16.6. The minimum absolute atomic E-state index is 0.167. The molecule has 24 heavy (non-hydrogen) atoms. The van der Waals surface area contributed by atoms with E-state index in [-0.39, 0.29) is 12.0 Å². The van der Waals surface area contributed by atoms with Crippen LogP contribution in [0.15, 0.2) is 12.4 Å². The predicted octanol–water partition coefficient (Wildman–Crippen LogP) is 1.67. The number of ether oxygens (including phenoxy) is 1. The SMILES string of the molecule is CCc1nccn1CCC(=O)N1CCC[C@@]2(CC1)CN(C)C(=O)O2. The molecule has 3 heterocycles. The Morgan fingerprint density at radius 3 is 2.92 bits per heavy atom. The van der Waals surface area contributed by atoms with Gasteiger partial charge in [-0.1, -0.05) is 6.92 Å². The third-order valence-corrected chi connectivity index (χ3v) is 5.08. The monoisotopic (exact) mass is 334 g/mol. The van der Waals surface area contributed by atoms with E-state index in [0.717, 1.165) is 38.1 Å². The quantitative estimate of drug-likeness (QED) is 0.840. The molecule has 2 aliphatic heterocycles. The zero-order valence-corrected chi connectivity index (χ0v) is 14.5. The Labute approximate surface area is 142 Å². The summed E-state index contributed by atoms with van der Waals surface area (Å²) >= 11 is 0. The van der Waals surface area contributed by atoms with Crippen molar-refractivity contribution < 1.29 is 14.3 Å². The Kier molecular flexibility index (Phi) is 4.78. The van der Waals surface area contributed by atoms with Gasteiger partial charge in [-0.25, -0.2) is 9.78 Å². The zero-order valence-electron chi connectivity index (χ0n) is 14.5. The first-order chi connectivity index (χ1) is 11.5. The van der Waals surface area contributed by atoms with Gasteiger partial charge in [0.2, 0.25) is 5.91 Å². The molecule has 7 nitrogen and oxygen atoms in total. The zero-order chi connectivity index (χ0) is 17.2. The van der Waals surface area contributed by atoms with Gasteiger partial charge in [-0.15, -0.1) is 0 Å². The molecule has 1 spiro atoms. The minimum atomic E-state index is -0.402. The van der Waals surface area contributed by atoms with E-state index < -0.39 is 5.60 Å². The number of rotatable bonds is 4. The fourth-order valence-corrected chi connectivity index (χ4v) is 3.70. The van der Waals surface area contributed by atoms with Crippen LogP contribution in [0.1, 0.15) is 38.4 Å². The van der Waals surface area contributed by atoms with Crippen molar-refractivity contribution in [2.24, 2.45) is 0 Å². The summed E-state index contributed by atoms with van der Waals surface area (Å²) in [5.74, 6) is 1.18. The lowest BCUT2D eigenvalue weighted by Crippen LogP contribution is -2.37. The van der Waals surface area contributed by atoms with Gasteiger partial charge in [0, 0.05) is 58.3 Å². The molecule has 3 rings (SSSR count). The minimum Gasteiger partial charge on any atom is -0.441 e. The van der Waals surface area contributed by atoms with E-state index in [9.17, 15) is 9.59 Å². The summed E-state index contributed by atoms with van der Waals surface area (Å²) < 4.78 is 7.64. The summed E-state index contributed by atoms with van der Waals surface area (Å²) in [6.45, 7) is 4.76.